The number of rotatable bonds is 6. The van der Waals surface area contributed by atoms with Crippen LogP contribution in [0.3, 0.4) is 0 Å². The second kappa shape index (κ2) is 8.41. The first-order valence-electron chi connectivity index (χ1n) is 6.84. The minimum Gasteiger partial charge on any atom is -0.326 e. The van der Waals surface area contributed by atoms with Gasteiger partial charge in [-0.15, -0.1) is 10.2 Å². The van der Waals surface area contributed by atoms with Gasteiger partial charge in [-0.25, -0.2) is 0 Å². The van der Waals surface area contributed by atoms with Crippen LogP contribution in [0.4, 0.5) is 16.5 Å². The average Bonchev–Trinajstić information content (AvgIpc) is 2.93. The Morgan fingerprint density at radius 1 is 0.958 bits per heavy atom. The van der Waals surface area contributed by atoms with E-state index >= 15 is 0 Å². The summed E-state index contributed by atoms with van der Waals surface area (Å²) >= 11 is 2.44. The number of anilines is 3. The molecule has 0 bridgehead atoms. The SMILES string of the molecule is CC(=O)Nc1ccc(NC(=O)CSc2nnc(NC(C)=O)s2)cc1. The molecule has 126 valence electrons. The molecule has 2 aromatic rings. The molecule has 3 amide bonds. The number of thioether (sulfide) groups is 1. The van der Waals surface area contributed by atoms with Gasteiger partial charge in [0.2, 0.25) is 22.9 Å². The van der Waals surface area contributed by atoms with Crippen LogP contribution in [-0.2, 0) is 14.4 Å². The number of carbonyl (C=O) groups excluding carboxylic acids is 3. The topological polar surface area (TPSA) is 113 Å². The molecule has 0 spiro atoms. The molecule has 1 heterocycles. The fourth-order valence-electron chi connectivity index (χ4n) is 1.63. The number of benzene rings is 1. The third kappa shape index (κ3) is 5.97. The van der Waals surface area contributed by atoms with Gasteiger partial charge in [-0.3, -0.25) is 14.4 Å². The molecular formula is C14H15N5O3S2. The molecular weight excluding hydrogens is 350 g/mol. The standard InChI is InChI=1S/C14H15N5O3S2/c1-8(20)15-10-3-5-11(6-4-10)17-12(22)7-23-14-19-18-13(24-14)16-9(2)21/h3-6H,7H2,1-2H3,(H,15,20)(H,17,22)(H,16,18,21). The van der Waals surface area contributed by atoms with Gasteiger partial charge in [-0.05, 0) is 24.3 Å². The van der Waals surface area contributed by atoms with E-state index in [1.807, 2.05) is 0 Å². The number of hydrogen-bond donors (Lipinski definition) is 3. The van der Waals surface area contributed by atoms with E-state index < -0.39 is 0 Å². The summed E-state index contributed by atoms with van der Waals surface area (Å²) in [4.78, 5) is 33.8. The predicted molar refractivity (Wildman–Crippen MR) is 94.3 cm³/mol. The summed E-state index contributed by atoms with van der Waals surface area (Å²) in [5, 5.41) is 16.0. The molecule has 0 saturated heterocycles. The molecule has 10 heteroatoms. The van der Waals surface area contributed by atoms with Crippen molar-refractivity contribution in [2.45, 2.75) is 18.2 Å². The number of aromatic nitrogens is 2. The third-order valence-electron chi connectivity index (χ3n) is 2.51. The van der Waals surface area contributed by atoms with Gasteiger partial charge in [-0.2, -0.15) is 0 Å². The van der Waals surface area contributed by atoms with Gasteiger partial charge in [0.15, 0.2) is 4.34 Å². The second-order valence-corrected chi connectivity index (χ2v) is 6.85. The molecule has 0 aliphatic rings. The van der Waals surface area contributed by atoms with Crippen molar-refractivity contribution in [2.75, 3.05) is 21.7 Å². The highest BCUT2D eigenvalue weighted by Crippen LogP contribution is 2.25. The van der Waals surface area contributed by atoms with Crippen LogP contribution in [0.25, 0.3) is 0 Å². The van der Waals surface area contributed by atoms with E-state index in [0.29, 0.717) is 20.8 Å². The van der Waals surface area contributed by atoms with E-state index in [1.165, 1.54) is 36.9 Å². The Balaban J connectivity index is 1.81. The van der Waals surface area contributed by atoms with Gasteiger partial charge in [0.25, 0.3) is 0 Å². The Morgan fingerprint density at radius 3 is 2.12 bits per heavy atom. The lowest BCUT2D eigenvalue weighted by atomic mass is 10.3. The summed E-state index contributed by atoms with van der Waals surface area (Å²) in [5.74, 6) is -0.395. The first-order chi connectivity index (χ1) is 11.4. The van der Waals surface area contributed by atoms with E-state index in [1.54, 1.807) is 24.3 Å². The quantitative estimate of drug-likeness (QED) is 0.534. The molecule has 0 saturated carbocycles. The summed E-state index contributed by atoms with van der Waals surface area (Å²) < 4.78 is 0.593. The summed E-state index contributed by atoms with van der Waals surface area (Å²) in [6.07, 6.45) is 0. The van der Waals surface area contributed by atoms with Crippen molar-refractivity contribution >= 4 is 57.3 Å². The van der Waals surface area contributed by atoms with E-state index in [4.69, 9.17) is 0 Å². The van der Waals surface area contributed by atoms with Crippen molar-refractivity contribution in [3.63, 3.8) is 0 Å². The molecule has 0 atom stereocenters. The van der Waals surface area contributed by atoms with Crippen LogP contribution in [0.15, 0.2) is 28.6 Å². The van der Waals surface area contributed by atoms with Crippen molar-refractivity contribution in [1.29, 1.82) is 0 Å². The normalized spacial score (nSPS) is 10.1. The Morgan fingerprint density at radius 2 is 1.54 bits per heavy atom. The number of amides is 3. The monoisotopic (exact) mass is 365 g/mol. The van der Waals surface area contributed by atoms with Crippen LogP contribution in [0.5, 0.6) is 0 Å². The maximum absolute atomic E-state index is 11.9. The highest BCUT2D eigenvalue weighted by Gasteiger charge is 2.09. The smallest absolute Gasteiger partial charge is 0.234 e. The Bertz CT molecular complexity index is 745. The maximum Gasteiger partial charge on any atom is 0.234 e. The number of carbonyl (C=O) groups is 3. The van der Waals surface area contributed by atoms with Crippen molar-refractivity contribution < 1.29 is 14.4 Å². The van der Waals surface area contributed by atoms with Gasteiger partial charge in [0.1, 0.15) is 0 Å². The molecule has 0 aliphatic carbocycles. The lowest BCUT2D eigenvalue weighted by Crippen LogP contribution is -2.14. The van der Waals surface area contributed by atoms with Crippen LogP contribution in [0, 0.1) is 0 Å². The van der Waals surface area contributed by atoms with Crippen LogP contribution in [0.2, 0.25) is 0 Å². The minimum atomic E-state index is -0.219. The average molecular weight is 365 g/mol. The summed E-state index contributed by atoms with van der Waals surface area (Å²) in [6.45, 7) is 2.82. The maximum atomic E-state index is 11.9. The second-order valence-electron chi connectivity index (χ2n) is 4.65. The Labute approximate surface area is 146 Å². The predicted octanol–water partition coefficient (Wildman–Crippen LogP) is 2.19. The van der Waals surface area contributed by atoms with E-state index in [-0.39, 0.29) is 23.5 Å². The highest BCUT2D eigenvalue weighted by atomic mass is 32.2. The van der Waals surface area contributed by atoms with Crippen LogP contribution >= 0.6 is 23.1 Å². The summed E-state index contributed by atoms with van der Waals surface area (Å²) in [6, 6.07) is 6.81. The fourth-order valence-corrected chi connectivity index (χ4v) is 3.23. The summed E-state index contributed by atoms with van der Waals surface area (Å²) in [5.41, 5.74) is 1.29. The first-order valence-corrected chi connectivity index (χ1v) is 8.64. The van der Waals surface area contributed by atoms with Gasteiger partial charge < -0.3 is 16.0 Å². The lowest BCUT2D eigenvalue weighted by Gasteiger charge is -2.06. The molecule has 1 aromatic carbocycles. The summed E-state index contributed by atoms with van der Waals surface area (Å²) in [7, 11) is 0. The van der Waals surface area contributed by atoms with Gasteiger partial charge in [0.05, 0.1) is 5.75 Å². The van der Waals surface area contributed by atoms with Crippen molar-refractivity contribution in [2.24, 2.45) is 0 Å². The number of nitrogens with zero attached hydrogens (tertiary/aromatic N) is 2. The fraction of sp³-hybridized carbons (Fsp3) is 0.214. The molecule has 8 nitrogen and oxygen atoms in total. The molecule has 3 N–H and O–H groups in total. The number of nitrogens with one attached hydrogen (secondary N) is 3. The zero-order chi connectivity index (χ0) is 17.5. The van der Waals surface area contributed by atoms with Gasteiger partial charge in [-0.1, -0.05) is 23.1 Å². The Kier molecular flexibility index (Phi) is 6.27. The first kappa shape index (κ1) is 17.9. The van der Waals surface area contributed by atoms with Crippen LogP contribution in [-0.4, -0.2) is 33.7 Å². The molecule has 0 aliphatic heterocycles. The van der Waals surface area contributed by atoms with Crippen molar-refractivity contribution in [1.82, 2.24) is 10.2 Å². The highest BCUT2D eigenvalue weighted by molar-refractivity contribution is 8.01. The lowest BCUT2D eigenvalue weighted by molar-refractivity contribution is -0.115. The van der Waals surface area contributed by atoms with Crippen molar-refractivity contribution in [3.05, 3.63) is 24.3 Å². The van der Waals surface area contributed by atoms with E-state index in [0.717, 1.165) is 0 Å². The van der Waals surface area contributed by atoms with E-state index in [2.05, 4.69) is 26.1 Å². The molecule has 2 rings (SSSR count). The van der Waals surface area contributed by atoms with Crippen molar-refractivity contribution in [3.8, 4) is 0 Å². The Hall–Kier alpha value is -2.46. The molecule has 0 unspecified atom stereocenters. The molecule has 0 fully saturated rings. The van der Waals surface area contributed by atoms with Gasteiger partial charge in [0, 0.05) is 25.2 Å². The zero-order valence-electron chi connectivity index (χ0n) is 13.0. The third-order valence-corrected chi connectivity index (χ3v) is 4.48. The minimum absolute atomic E-state index is 0.154. The molecule has 1 aromatic heterocycles. The largest absolute Gasteiger partial charge is 0.326 e. The van der Waals surface area contributed by atoms with Gasteiger partial charge >= 0.3 is 0 Å². The van der Waals surface area contributed by atoms with Crippen LogP contribution in [0.1, 0.15) is 13.8 Å². The molecule has 0 radical (unpaired) electrons. The molecule has 24 heavy (non-hydrogen) atoms. The van der Waals surface area contributed by atoms with Crippen LogP contribution < -0.4 is 16.0 Å². The van der Waals surface area contributed by atoms with E-state index in [9.17, 15) is 14.4 Å². The zero-order valence-corrected chi connectivity index (χ0v) is 14.6. The number of hydrogen-bond acceptors (Lipinski definition) is 7.